The molecule has 0 atom stereocenters. The lowest BCUT2D eigenvalue weighted by molar-refractivity contribution is -0.892. The minimum atomic E-state index is 0.183. The van der Waals surface area contributed by atoms with Gasteiger partial charge in [0.2, 0.25) is 0 Å². The molecule has 1 aromatic rings. The molecule has 0 spiro atoms. The maximum absolute atomic E-state index is 12.2. The van der Waals surface area contributed by atoms with Crippen LogP contribution in [0.3, 0.4) is 0 Å². The minimum absolute atomic E-state index is 0.183. The van der Waals surface area contributed by atoms with Crippen LogP contribution in [0, 0.1) is 0 Å². The number of hydrogen-bond donors (Lipinski definition) is 2. The Labute approximate surface area is 157 Å². The number of piperazine rings is 1. The molecule has 1 amide bonds. The number of carbonyl (C=O) groups is 1. The molecule has 2 aliphatic rings. The number of nitrogens with zero attached hydrogens (tertiary/aromatic N) is 1. The number of rotatable bonds is 7. The summed E-state index contributed by atoms with van der Waals surface area (Å²) in [6.45, 7) is 5.24. The van der Waals surface area contributed by atoms with Gasteiger partial charge in [-0.05, 0) is 44.2 Å². The van der Waals surface area contributed by atoms with E-state index in [1.165, 1.54) is 36.2 Å². The van der Waals surface area contributed by atoms with Crippen molar-refractivity contribution < 1.29 is 14.4 Å². The Morgan fingerprint density at radius 2 is 2.04 bits per heavy atom. The van der Waals surface area contributed by atoms with Gasteiger partial charge in [0.05, 0.1) is 39.0 Å². The average Bonchev–Trinajstić information content (AvgIpc) is 2.69. The monoisotopic (exact) mass is 358 g/mol. The number of benzene rings is 1. The summed E-state index contributed by atoms with van der Waals surface area (Å²) in [4.78, 5) is 15.9. The van der Waals surface area contributed by atoms with Crippen molar-refractivity contribution in [1.82, 2.24) is 5.32 Å². The van der Waals surface area contributed by atoms with E-state index < -0.39 is 0 Å². The Kier molecular flexibility index (Phi) is 6.95. The van der Waals surface area contributed by atoms with E-state index in [-0.39, 0.29) is 5.91 Å². The second kappa shape index (κ2) is 9.62. The number of methoxy groups -OCH3 is 1. The zero-order valence-electron chi connectivity index (χ0n) is 15.9. The Morgan fingerprint density at radius 3 is 2.77 bits per heavy atom. The summed E-state index contributed by atoms with van der Waals surface area (Å²) in [6.07, 6.45) is 8.43. The van der Waals surface area contributed by atoms with Gasteiger partial charge in [0.15, 0.2) is 6.54 Å². The van der Waals surface area contributed by atoms with Gasteiger partial charge in [-0.2, -0.15) is 0 Å². The van der Waals surface area contributed by atoms with Crippen molar-refractivity contribution in [2.45, 2.75) is 32.1 Å². The summed E-state index contributed by atoms with van der Waals surface area (Å²) in [5.41, 5.74) is 2.67. The van der Waals surface area contributed by atoms with Gasteiger partial charge in [0, 0.05) is 6.54 Å². The number of nitrogens with one attached hydrogen (secondary N) is 2. The normalized spacial score (nSPS) is 18.3. The predicted molar refractivity (Wildman–Crippen MR) is 105 cm³/mol. The quantitative estimate of drug-likeness (QED) is 0.725. The molecule has 3 rings (SSSR count). The standard InChI is InChI=1S/C21H31N3O2/c1-26-20-10-6-5-9-19(20)24-15-13-23(14-16-24)17-21(25)22-12-11-18-7-3-2-4-8-18/h5-7,9-10H,2-4,8,11-17H2,1H3,(H,22,25)/p+1. The molecule has 0 saturated carbocycles. The molecule has 142 valence electrons. The third kappa shape index (κ3) is 5.24. The van der Waals surface area contributed by atoms with E-state index in [1.807, 2.05) is 18.2 Å². The molecule has 1 heterocycles. The molecule has 1 aliphatic carbocycles. The lowest BCUT2D eigenvalue weighted by atomic mass is 9.97. The second-order valence-corrected chi connectivity index (χ2v) is 7.29. The maximum Gasteiger partial charge on any atom is 0.275 e. The van der Waals surface area contributed by atoms with Crippen LogP contribution in [0.15, 0.2) is 35.9 Å². The smallest absolute Gasteiger partial charge is 0.275 e. The van der Waals surface area contributed by atoms with Crippen LogP contribution in [-0.4, -0.2) is 52.3 Å². The Hall–Kier alpha value is -2.01. The molecule has 0 radical (unpaired) electrons. The molecule has 2 N–H and O–H groups in total. The van der Waals surface area contributed by atoms with Gasteiger partial charge in [-0.1, -0.05) is 23.8 Å². The molecule has 1 aromatic carbocycles. The number of hydrogen-bond acceptors (Lipinski definition) is 3. The molecule has 5 nitrogen and oxygen atoms in total. The molecular formula is C21H32N3O2+. The van der Waals surface area contributed by atoms with Crippen molar-refractivity contribution in [3.8, 4) is 5.75 Å². The van der Waals surface area contributed by atoms with Crippen molar-refractivity contribution in [2.24, 2.45) is 0 Å². The van der Waals surface area contributed by atoms with Crippen molar-refractivity contribution >= 4 is 11.6 Å². The first kappa shape index (κ1) is 18.8. The van der Waals surface area contributed by atoms with E-state index in [4.69, 9.17) is 4.74 Å². The summed E-state index contributed by atoms with van der Waals surface area (Å²) in [6, 6.07) is 8.16. The van der Waals surface area contributed by atoms with Gasteiger partial charge in [-0.3, -0.25) is 4.79 Å². The topological polar surface area (TPSA) is 46.0 Å². The first-order valence-electron chi connectivity index (χ1n) is 9.92. The number of carbonyl (C=O) groups excluding carboxylic acids is 1. The van der Waals surface area contributed by atoms with Gasteiger partial charge in [0.1, 0.15) is 5.75 Å². The molecule has 0 unspecified atom stereocenters. The molecule has 1 aliphatic heterocycles. The fraction of sp³-hybridized carbons (Fsp3) is 0.571. The third-order valence-electron chi connectivity index (χ3n) is 5.46. The summed E-state index contributed by atoms with van der Waals surface area (Å²) in [5.74, 6) is 1.10. The van der Waals surface area contributed by atoms with E-state index in [1.54, 1.807) is 7.11 Å². The van der Waals surface area contributed by atoms with Gasteiger partial charge in [-0.15, -0.1) is 0 Å². The van der Waals surface area contributed by atoms with Crippen molar-refractivity contribution in [2.75, 3.05) is 51.3 Å². The van der Waals surface area contributed by atoms with Crippen LogP contribution in [0.2, 0.25) is 0 Å². The van der Waals surface area contributed by atoms with Gasteiger partial charge in [0.25, 0.3) is 5.91 Å². The number of amides is 1. The van der Waals surface area contributed by atoms with Crippen molar-refractivity contribution in [1.29, 1.82) is 0 Å². The predicted octanol–water partition coefficient (Wildman–Crippen LogP) is 1.41. The number of allylic oxidation sites excluding steroid dienone is 1. The number of quaternary nitrogens is 1. The van der Waals surface area contributed by atoms with E-state index in [0.29, 0.717) is 6.54 Å². The minimum Gasteiger partial charge on any atom is -0.495 e. The number of para-hydroxylation sites is 2. The summed E-state index contributed by atoms with van der Waals surface area (Å²) in [7, 11) is 1.72. The zero-order chi connectivity index (χ0) is 18.2. The van der Waals surface area contributed by atoms with Crippen LogP contribution in [-0.2, 0) is 4.79 Å². The summed E-state index contributed by atoms with van der Waals surface area (Å²) >= 11 is 0. The molecule has 5 heteroatoms. The third-order valence-corrected chi connectivity index (χ3v) is 5.46. The van der Waals surface area contributed by atoms with Crippen LogP contribution < -0.4 is 19.9 Å². The largest absolute Gasteiger partial charge is 0.495 e. The Morgan fingerprint density at radius 1 is 1.23 bits per heavy atom. The summed E-state index contributed by atoms with van der Waals surface area (Å²) < 4.78 is 5.47. The molecule has 1 fully saturated rings. The Balaban J connectivity index is 1.38. The highest BCUT2D eigenvalue weighted by atomic mass is 16.5. The molecule has 0 bridgehead atoms. The van der Waals surface area contributed by atoms with Gasteiger partial charge < -0.3 is 19.9 Å². The van der Waals surface area contributed by atoms with E-state index in [2.05, 4.69) is 22.4 Å². The van der Waals surface area contributed by atoms with E-state index in [9.17, 15) is 4.79 Å². The van der Waals surface area contributed by atoms with Crippen molar-refractivity contribution in [3.05, 3.63) is 35.9 Å². The number of ether oxygens (including phenoxy) is 1. The highest BCUT2D eigenvalue weighted by Gasteiger charge is 2.23. The second-order valence-electron chi connectivity index (χ2n) is 7.29. The lowest BCUT2D eigenvalue weighted by Gasteiger charge is -2.34. The highest BCUT2D eigenvalue weighted by molar-refractivity contribution is 5.76. The van der Waals surface area contributed by atoms with Gasteiger partial charge in [-0.25, -0.2) is 0 Å². The van der Waals surface area contributed by atoms with Gasteiger partial charge >= 0.3 is 0 Å². The molecular weight excluding hydrogens is 326 g/mol. The summed E-state index contributed by atoms with van der Waals surface area (Å²) in [5, 5.41) is 3.10. The molecule has 0 aromatic heterocycles. The number of anilines is 1. The molecule has 26 heavy (non-hydrogen) atoms. The highest BCUT2D eigenvalue weighted by Crippen LogP contribution is 2.27. The van der Waals surface area contributed by atoms with Crippen LogP contribution in [0.25, 0.3) is 0 Å². The van der Waals surface area contributed by atoms with Crippen LogP contribution in [0.4, 0.5) is 5.69 Å². The zero-order valence-corrected chi connectivity index (χ0v) is 15.9. The average molecular weight is 359 g/mol. The van der Waals surface area contributed by atoms with Crippen LogP contribution >= 0.6 is 0 Å². The first-order chi connectivity index (χ1) is 12.8. The van der Waals surface area contributed by atoms with E-state index >= 15 is 0 Å². The maximum atomic E-state index is 12.2. The fourth-order valence-electron chi connectivity index (χ4n) is 3.92. The lowest BCUT2D eigenvalue weighted by Crippen LogP contribution is -3.15. The molecule has 1 saturated heterocycles. The Bertz CT molecular complexity index is 621. The van der Waals surface area contributed by atoms with E-state index in [0.717, 1.165) is 50.6 Å². The first-order valence-corrected chi connectivity index (χ1v) is 9.92. The van der Waals surface area contributed by atoms with Crippen LogP contribution in [0.1, 0.15) is 32.1 Å². The SMILES string of the molecule is COc1ccccc1N1CC[NH+](CC(=O)NCCC2=CCCCC2)CC1. The van der Waals surface area contributed by atoms with Crippen molar-refractivity contribution in [3.63, 3.8) is 0 Å². The fourth-order valence-corrected chi connectivity index (χ4v) is 3.92. The van der Waals surface area contributed by atoms with Crippen LogP contribution in [0.5, 0.6) is 5.75 Å².